The summed E-state index contributed by atoms with van der Waals surface area (Å²) in [5.74, 6) is 0. The van der Waals surface area contributed by atoms with E-state index in [9.17, 15) is 15.3 Å². The van der Waals surface area contributed by atoms with Crippen LogP contribution in [0.3, 0.4) is 0 Å². The number of ether oxygens (including phenoxy) is 1. The van der Waals surface area contributed by atoms with Crippen molar-refractivity contribution in [3.63, 3.8) is 0 Å². The van der Waals surface area contributed by atoms with E-state index < -0.39 is 29.8 Å². The Labute approximate surface area is 115 Å². The molecule has 8 heteroatoms. The summed E-state index contributed by atoms with van der Waals surface area (Å²) < 4.78 is 6.91. The molecule has 0 aliphatic carbocycles. The first kappa shape index (κ1) is 14.7. The van der Waals surface area contributed by atoms with Crippen molar-refractivity contribution in [2.24, 2.45) is 0 Å². The van der Waals surface area contributed by atoms with Gasteiger partial charge in [-0.3, -0.25) is 0 Å². The van der Waals surface area contributed by atoms with Gasteiger partial charge in [0.2, 0.25) is 0 Å². The average molecular weight is 289 g/mol. The second-order valence-electron chi connectivity index (χ2n) is 4.48. The van der Waals surface area contributed by atoms with Crippen LogP contribution < -0.4 is 0 Å². The molecule has 2 heterocycles. The first-order valence-electron chi connectivity index (χ1n) is 6.18. The van der Waals surface area contributed by atoms with Crippen molar-refractivity contribution in [2.75, 3.05) is 12.9 Å². The minimum absolute atomic E-state index is 0.309. The van der Waals surface area contributed by atoms with Crippen molar-refractivity contribution in [1.82, 2.24) is 15.0 Å². The highest BCUT2D eigenvalue weighted by Crippen LogP contribution is 2.33. The molecule has 5 atom stereocenters. The van der Waals surface area contributed by atoms with Crippen LogP contribution in [0.4, 0.5) is 0 Å². The number of aliphatic hydroxyl groups is 3. The second-order valence-corrected chi connectivity index (χ2v) is 5.41. The lowest BCUT2D eigenvalue weighted by atomic mass is 9.97. The van der Waals surface area contributed by atoms with E-state index in [-0.39, 0.29) is 6.61 Å². The number of nitrogens with zero attached hydrogens (tertiary/aromatic N) is 3. The van der Waals surface area contributed by atoms with Crippen LogP contribution in [-0.4, -0.2) is 66.9 Å². The molecule has 2 rings (SSSR count). The Morgan fingerprint density at radius 2 is 2.16 bits per heavy atom. The van der Waals surface area contributed by atoms with Gasteiger partial charge >= 0.3 is 0 Å². The summed E-state index contributed by atoms with van der Waals surface area (Å²) in [6, 6.07) is -0.670. The third kappa shape index (κ3) is 2.77. The number of aryl methyl sites for hydroxylation is 1. The Bertz CT molecular complexity index is 400. The highest BCUT2D eigenvalue weighted by Gasteiger charge is 2.45. The van der Waals surface area contributed by atoms with E-state index in [1.54, 1.807) is 12.5 Å². The van der Waals surface area contributed by atoms with Gasteiger partial charge in [0.1, 0.15) is 29.8 Å². The lowest BCUT2D eigenvalue weighted by Gasteiger charge is -2.41. The molecule has 5 unspecified atom stereocenters. The van der Waals surface area contributed by atoms with E-state index in [1.165, 1.54) is 16.4 Å². The van der Waals surface area contributed by atoms with Crippen molar-refractivity contribution >= 4 is 11.8 Å². The monoisotopic (exact) mass is 289 g/mol. The summed E-state index contributed by atoms with van der Waals surface area (Å²) in [6.45, 7) is 1.64. The van der Waals surface area contributed by atoms with Crippen LogP contribution in [0.1, 0.15) is 18.7 Å². The predicted molar refractivity (Wildman–Crippen MR) is 69.7 cm³/mol. The molecule has 0 saturated carbocycles. The maximum absolute atomic E-state index is 10.3. The summed E-state index contributed by atoms with van der Waals surface area (Å²) in [7, 11) is 0. The molecule has 108 valence electrons. The van der Waals surface area contributed by atoms with Crippen LogP contribution in [0, 0.1) is 0 Å². The van der Waals surface area contributed by atoms with Gasteiger partial charge in [0.25, 0.3) is 0 Å². The molecule has 7 nitrogen and oxygen atoms in total. The zero-order valence-electron chi connectivity index (χ0n) is 10.9. The summed E-state index contributed by atoms with van der Waals surface area (Å²) in [6.07, 6.45) is 1.55. The van der Waals surface area contributed by atoms with Crippen molar-refractivity contribution in [2.45, 2.75) is 43.1 Å². The number of hydrogen-bond acceptors (Lipinski definition) is 7. The molecule has 1 aromatic heterocycles. The van der Waals surface area contributed by atoms with E-state index in [0.717, 1.165) is 12.1 Å². The van der Waals surface area contributed by atoms with Gasteiger partial charge in [-0.05, 0) is 12.7 Å². The lowest BCUT2D eigenvalue weighted by molar-refractivity contribution is -0.178. The second kappa shape index (κ2) is 6.19. The van der Waals surface area contributed by atoms with Crippen LogP contribution in [0.15, 0.2) is 6.20 Å². The van der Waals surface area contributed by atoms with Gasteiger partial charge in [-0.25, -0.2) is 4.68 Å². The zero-order chi connectivity index (χ0) is 14.0. The van der Waals surface area contributed by atoms with Gasteiger partial charge in [0.05, 0.1) is 12.3 Å². The molecular weight excluding hydrogens is 270 g/mol. The van der Waals surface area contributed by atoms with Gasteiger partial charge in [-0.1, -0.05) is 12.1 Å². The van der Waals surface area contributed by atoms with E-state index in [2.05, 4.69) is 10.3 Å². The Hall–Kier alpha value is -0.670. The highest BCUT2D eigenvalue weighted by molar-refractivity contribution is 7.99. The Morgan fingerprint density at radius 1 is 1.42 bits per heavy atom. The smallest absolute Gasteiger partial charge is 0.131 e. The molecule has 1 aromatic rings. The van der Waals surface area contributed by atoms with Gasteiger partial charge in [-0.2, -0.15) is 0 Å². The molecule has 0 amide bonds. The minimum Gasteiger partial charge on any atom is -0.394 e. The molecule has 1 fully saturated rings. The molecule has 0 aromatic carbocycles. The van der Waals surface area contributed by atoms with Crippen LogP contribution in [0.2, 0.25) is 0 Å². The van der Waals surface area contributed by atoms with E-state index in [4.69, 9.17) is 4.74 Å². The molecule has 1 aliphatic rings. The Morgan fingerprint density at radius 3 is 2.68 bits per heavy atom. The predicted octanol–water partition coefficient (Wildman–Crippen LogP) is -0.816. The molecule has 3 N–H and O–H groups in total. The van der Waals surface area contributed by atoms with Gasteiger partial charge in [0, 0.05) is 6.20 Å². The molecule has 0 spiro atoms. The fraction of sp³-hybridized carbons (Fsp3) is 0.818. The largest absolute Gasteiger partial charge is 0.394 e. The minimum atomic E-state index is -1.03. The van der Waals surface area contributed by atoms with E-state index >= 15 is 0 Å². The van der Waals surface area contributed by atoms with Crippen LogP contribution in [0.5, 0.6) is 0 Å². The molecular formula is C11H19N3O4S. The number of rotatable bonds is 4. The topological polar surface area (TPSA) is 101 Å². The maximum atomic E-state index is 10.3. The van der Waals surface area contributed by atoms with E-state index in [1.807, 2.05) is 6.92 Å². The number of thioether (sulfide) groups is 1. The van der Waals surface area contributed by atoms with Crippen LogP contribution in [-0.2, 0) is 11.2 Å². The first-order chi connectivity index (χ1) is 9.12. The SMILES string of the molecule is CCc1cn(C2C(O)C(CO)OC(SC)C2O)nn1. The average Bonchev–Trinajstić information content (AvgIpc) is 2.88. The van der Waals surface area contributed by atoms with Gasteiger partial charge in [0.15, 0.2) is 0 Å². The van der Waals surface area contributed by atoms with Crippen LogP contribution in [0.25, 0.3) is 0 Å². The van der Waals surface area contributed by atoms with Crippen molar-refractivity contribution in [3.05, 3.63) is 11.9 Å². The van der Waals surface area contributed by atoms with E-state index in [0.29, 0.717) is 0 Å². The fourth-order valence-corrected chi connectivity index (χ4v) is 2.89. The maximum Gasteiger partial charge on any atom is 0.131 e. The van der Waals surface area contributed by atoms with Crippen molar-refractivity contribution in [3.8, 4) is 0 Å². The summed E-state index contributed by atoms with van der Waals surface area (Å²) in [5, 5.41) is 37.6. The lowest BCUT2D eigenvalue weighted by Crippen LogP contribution is -2.54. The number of aromatic nitrogens is 3. The Kier molecular flexibility index (Phi) is 4.80. The molecule has 19 heavy (non-hydrogen) atoms. The first-order valence-corrected chi connectivity index (χ1v) is 7.47. The van der Waals surface area contributed by atoms with Crippen molar-refractivity contribution in [1.29, 1.82) is 0 Å². The Balaban J connectivity index is 2.28. The standard InChI is InChI=1S/C11H19N3O4S/c1-3-6-4-14(13-12-6)8-9(16)7(5-15)18-11(19-2)10(8)17/h4,7-11,15-17H,3,5H2,1-2H3. The number of hydrogen-bond donors (Lipinski definition) is 3. The molecule has 1 aliphatic heterocycles. The third-order valence-corrected chi connectivity index (χ3v) is 4.16. The highest BCUT2D eigenvalue weighted by atomic mass is 32.2. The quantitative estimate of drug-likeness (QED) is 0.666. The molecule has 1 saturated heterocycles. The van der Waals surface area contributed by atoms with Gasteiger partial charge < -0.3 is 20.1 Å². The molecule has 0 bridgehead atoms. The fourth-order valence-electron chi connectivity index (χ4n) is 2.20. The van der Waals surface area contributed by atoms with Gasteiger partial charge in [-0.15, -0.1) is 16.9 Å². The summed E-state index contributed by atoms with van der Waals surface area (Å²) >= 11 is 1.33. The number of aliphatic hydroxyl groups excluding tert-OH is 3. The molecule has 0 radical (unpaired) electrons. The third-order valence-electron chi connectivity index (χ3n) is 3.31. The van der Waals surface area contributed by atoms with Crippen LogP contribution >= 0.6 is 11.8 Å². The van der Waals surface area contributed by atoms with Crippen molar-refractivity contribution < 1.29 is 20.1 Å². The summed E-state index contributed by atoms with van der Waals surface area (Å²) in [4.78, 5) is 0. The summed E-state index contributed by atoms with van der Waals surface area (Å²) in [5.41, 5.74) is 0.270. The normalized spacial score (nSPS) is 35.5. The zero-order valence-corrected chi connectivity index (χ0v) is 11.7.